The predicted molar refractivity (Wildman–Crippen MR) is 98.1 cm³/mol. The molecule has 0 spiro atoms. The normalized spacial score (nSPS) is 17.2. The van der Waals surface area contributed by atoms with Gasteiger partial charge in [-0.1, -0.05) is 36.4 Å². The van der Waals surface area contributed by atoms with Gasteiger partial charge in [0.05, 0.1) is 0 Å². The number of nitrogens with zero attached hydrogens (tertiary/aromatic N) is 1. The van der Waals surface area contributed by atoms with Crippen LogP contribution in [0.5, 0.6) is 0 Å². The molecule has 134 valence electrons. The smallest absolute Gasteiger partial charge is 0.331 e. The molecular weight excluding hydrogens is 333 g/mol. The lowest BCUT2D eigenvalue weighted by Crippen LogP contribution is -2.43. The number of fused-ring (bicyclic) bond motifs is 1. The van der Waals surface area contributed by atoms with Crippen LogP contribution in [0, 0.1) is 5.82 Å². The van der Waals surface area contributed by atoms with Crippen molar-refractivity contribution in [3.05, 3.63) is 71.6 Å². The lowest BCUT2D eigenvalue weighted by Gasteiger charge is -2.25. The van der Waals surface area contributed by atoms with Crippen LogP contribution in [0.4, 0.5) is 10.1 Å². The van der Waals surface area contributed by atoms with Gasteiger partial charge >= 0.3 is 5.97 Å². The van der Waals surface area contributed by atoms with Crippen molar-refractivity contribution in [2.24, 2.45) is 0 Å². The van der Waals surface area contributed by atoms with Gasteiger partial charge in [-0.15, -0.1) is 0 Å². The number of halogens is 1. The van der Waals surface area contributed by atoms with E-state index in [2.05, 4.69) is 0 Å². The van der Waals surface area contributed by atoms with E-state index >= 15 is 0 Å². The van der Waals surface area contributed by atoms with Gasteiger partial charge in [0.25, 0.3) is 5.91 Å². The third-order valence-corrected chi connectivity index (χ3v) is 4.39. The summed E-state index contributed by atoms with van der Waals surface area (Å²) in [7, 11) is 0. The molecule has 3 rings (SSSR count). The summed E-state index contributed by atoms with van der Waals surface area (Å²) in [5.74, 6) is -1.38. The zero-order chi connectivity index (χ0) is 18.7. The summed E-state index contributed by atoms with van der Waals surface area (Å²) < 4.78 is 18.8. The van der Waals surface area contributed by atoms with Crippen LogP contribution >= 0.6 is 0 Å². The van der Waals surface area contributed by atoms with Gasteiger partial charge in [0.2, 0.25) is 0 Å². The van der Waals surface area contributed by atoms with Crippen molar-refractivity contribution >= 4 is 23.6 Å². The van der Waals surface area contributed by atoms with E-state index in [0.29, 0.717) is 0 Å². The highest BCUT2D eigenvalue weighted by molar-refractivity contribution is 6.00. The van der Waals surface area contributed by atoms with E-state index in [9.17, 15) is 14.0 Å². The number of esters is 1. The van der Waals surface area contributed by atoms with E-state index in [0.717, 1.165) is 23.7 Å². The van der Waals surface area contributed by atoms with Crippen LogP contribution in [0.2, 0.25) is 0 Å². The van der Waals surface area contributed by atoms with Gasteiger partial charge in [0.1, 0.15) is 5.82 Å². The van der Waals surface area contributed by atoms with Crippen molar-refractivity contribution in [3.63, 3.8) is 0 Å². The Morgan fingerprint density at radius 2 is 1.88 bits per heavy atom. The SMILES string of the molecule is C[C@H](OC(=O)/C=C/c1ccccc1F)C(=O)N1c2ccccc2C[C@H]1C. The van der Waals surface area contributed by atoms with Gasteiger partial charge in [-0.3, -0.25) is 4.79 Å². The first kappa shape index (κ1) is 17.9. The summed E-state index contributed by atoms with van der Waals surface area (Å²) in [6, 6.07) is 13.8. The molecule has 0 N–H and O–H groups in total. The molecule has 1 heterocycles. The van der Waals surface area contributed by atoms with Crippen LogP contribution in [0.15, 0.2) is 54.6 Å². The van der Waals surface area contributed by atoms with Gasteiger partial charge < -0.3 is 9.64 Å². The molecular formula is C21H20FNO3. The van der Waals surface area contributed by atoms with Crippen molar-refractivity contribution < 1.29 is 18.7 Å². The molecule has 1 aliphatic heterocycles. The zero-order valence-corrected chi connectivity index (χ0v) is 14.7. The molecule has 4 nitrogen and oxygen atoms in total. The van der Waals surface area contributed by atoms with Gasteiger partial charge in [-0.05, 0) is 44.0 Å². The lowest BCUT2D eigenvalue weighted by atomic mass is 10.1. The molecule has 2 atom stereocenters. The second-order valence-corrected chi connectivity index (χ2v) is 6.32. The van der Waals surface area contributed by atoms with Gasteiger partial charge in [0.15, 0.2) is 6.10 Å². The second-order valence-electron chi connectivity index (χ2n) is 6.32. The predicted octanol–water partition coefficient (Wildman–Crippen LogP) is 3.75. The number of benzene rings is 2. The number of para-hydroxylation sites is 1. The molecule has 0 saturated carbocycles. The monoisotopic (exact) mass is 353 g/mol. The topological polar surface area (TPSA) is 46.6 Å². The largest absolute Gasteiger partial charge is 0.449 e. The number of amides is 1. The molecule has 1 amide bonds. The van der Waals surface area contributed by atoms with E-state index in [4.69, 9.17) is 4.74 Å². The molecule has 0 radical (unpaired) electrons. The standard InChI is InChI=1S/C21H20FNO3/c1-14-13-17-8-4-6-10-19(17)23(14)21(25)15(2)26-20(24)12-11-16-7-3-5-9-18(16)22/h3-12,14-15H,13H2,1-2H3/b12-11+/t14-,15+/m1/s1. The zero-order valence-electron chi connectivity index (χ0n) is 14.7. The molecule has 0 fully saturated rings. The third kappa shape index (κ3) is 3.67. The molecule has 0 aliphatic carbocycles. The maximum Gasteiger partial charge on any atom is 0.331 e. The lowest BCUT2D eigenvalue weighted by molar-refractivity contribution is -0.149. The van der Waals surface area contributed by atoms with Gasteiger partial charge in [-0.2, -0.15) is 0 Å². The highest BCUT2D eigenvalue weighted by Gasteiger charge is 2.34. The van der Waals surface area contributed by atoms with E-state index in [1.54, 1.807) is 30.0 Å². The third-order valence-electron chi connectivity index (χ3n) is 4.39. The molecule has 0 unspecified atom stereocenters. The highest BCUT2D eigenvalue weighted by Crippen LogP contribution is 2.32. The van der Waals surface area contributed by atoms with Gasteiger partial charge in [0, 0.05) is 23.4 Å². The van der Waals surface area contributed by atoms with Crippen LogP contribution < -0.4 is 4.90 Å². The minimum absolute atomic E-state index is 0.00927. The van der Waals surface area contributed by atoms with Crippen molar-refractivity contribution in [1.82, 2.24) is 0 Å². The minimum Gasteiger partial charge on any atom is -0.449 e. The quantitative estimate of drug-likeness (QED) is 0.621. The fraction of sp³-hybridized carbons (Fsp3) is 0.238. The Morgan fingerprint density at radius 3 is 2.65 bits per heavy atom. The molecule has 0 aromatic heterocycles. The molecule has 1 aliphatic rings. The van der Waals surface area contributed by atoms with E-state index in [-0.39, 0.29) is 17.5 Å². The summed E-state index contributed by atoms with van der Waals surface area (Å²) in [4.78, 5) is 26.4. The van der Waals surface area contributed by atoms with E-state index in [1.165, 1.54) is 12.1 Å². The fourth-order valence-corrected chi connectivity index (χ4v) is 3.13. The second kappa shape index (κ2) is 7.52. The average Bonchev–Trinajstić information content (AvgIpc) is 2.96. The number of hydrogen-bond acceptors (Lipinski definition) is 3. The summed E-state index contributed by atoms with van der Waals surface area (Å²) in [6.07, 6.45) is 2.31. The number of anilines is 1. The maximum atomic E-state index is 13.6. The Kier molecular flexibility index (Phi) is 5.16. The number of ether oxygens (including phenoxy) is 1. The number of carbonyl (C=O) groups excluding carboxylic acids is 2. The van der Waals surface area contributed by atoms with Crippen molar-refractivity contribution in [2.75, 3.05) is 4.90 Å². The molecule has 0 saturated heterocycles. The van der Waals surface area contributed by atoms with Crippen molar-refractivity contribution in [1.29, 1.82) is 0 Å². The van der Waals surface area contributed by atoms with Crippen LogP contribution in [-0.4, -0.2) is 24.0 Å². The summed E-state index contributed by atoms with van der Waals surface area (Å²) >= 11 is 0. The first-order valence-electron chi connectivity index (χ1n) is 8.51. The minimum atomic E-state index is -0.929. The fourth-order valence-electron chi connectivity index (χ4n) is 3.13. The number of rotatable bonds is 4. The van der Waals surface area contributed by atoms with E-state index in [1.807, 2.05) is 31.2 Å². The molecule has 5 heteroatoms. The maximum absolute atomic E-state index is 13.6. The van der Waals surface area contributed by atoms with Crippen LogP contribution in [-0.2, 0) is 20.7 Å². The van der Waals surface area contributed by atoms with E-state index < -0.39 is 17.9 Å². The first-order chi connectivity index (χ1) is 12.5. The number of hydrogen-bond donors (Lipinski definition) is 0. The summed E-state index contributed by atoms with van der Waals surface area (Å²) in [6.45, 7) is 3.51. The Hall–Kier alpha value is -2.95. The highest BCUT2D eigenvalue weighted by atomic mass is 19.1. The van der Waals surface area contributed by atoms with Crippen molar-refractivity contribution in [2.45, 2.75) is 32.4 Å². The first-order valence-corrected chi connectivity index (χ1v) is 8.51. The Labute approximate surface area is 151 Å². The molecule has 0 bridgehead atoms. The summed E-state index contributed by atoms with van der Waals surface area (Å²) in [5, 5.41) is 0. The average molecular weight is 353 g/mol. The van der Waals surface area contributed by atoms with Gasteiger partial charge in [-0.25, -0.2) is 9.18 Å². The number of carbonyl (C=O) groups is 2. The van der Waals surface area contributed by atoms with Crippen LogP contribution in [0.1, 0.15) is 25.0 Å². The van der Waals surface area contributed by atoms with Crippen LogP contribution in [0.3, 0.4) is 0 Å². The molecule has 2 aromatic carbocycles. The Balaban J connectivity index is 1.66. The summed E-state index contributed by atoms with van der Waals surface area (Å²) in [5.41, 5.74) is 2.24. The Morgan fingerprint density at radius 1 is 1.19 bits per heavy atom. The van der Waals surface area contributed by atoms with Crippen molar-refractivity contribution in [3.8, 4) is 0 Å². The Bertz CT molecular complexity index is 862. The van der Waals surface area contributed by atoms with Crippen LogP contribution in [0.25, 0.3) is 6.08 Å². The molecule has 26 heavy (non-hydrogen) atoms. The molecule has 2 aromatic rings.